The van der Waals surface area contributed by atoms with E-state index in [1.54, 1.807) is 6.07 Å². The number of alkyl halides is 3. The highest BCUT2D eigenvalue weighted by Crippen LogP contribution is 2.23. The molecule has 0 fully saturated rings. The molecule has 0 aliphatic carbocycles. The van der Waals surface area contributed by atoms with Crippen molar-refractivity contribution in [2.45, 2.75) is 32.5 Å². The average molecular weight is 296 g/mol. The Morgan fingerprint density at radius 1 is 1.53 bits per heavy atom. The van der Waals surface area contributed by atoms with Crippen LogP contribution in [-0.2, 0) is 11.3 Å². The number of carbonyl (C=O) groups is 1. The van der Waals surface area contributed by atoms with Crippen molar-refractivity contribution in [3.8, 4) is 0 Å². The van der Waals surface area contributed by atoms with E-state index in [0.29, 0.717) is 4.88 Å². The predicted octanol–water partition coefficient (Wildman–Crippen LogP) is 2.52. The minimum absolute atomic E-state index is 0.0349. The van der Waals surface area contributed by atoms with E-state index in [1.807, 2.05) is 12.3 Å². The SMILES string of the molecule is Cc1sc(C(=O)NN)cc1COCCCC(F)(F)F. The monoisotopic (exact) mass is 296 g/mol. The van der Waals surface area contributed by atoms with Gasteiger partial charge in [0.2, 0.25) is 0 Å². The first-order chi connectivity index (χ1) is 8.83. The van der Waals surface area contributed by atoms with Crippen molar-refractivity contribution < 1.29 is 22.7 Å². The lowest BCUT2D eigenvalue weighted by Crippen LogP contribution is -2.29. The van der Waals surface area contributed by atoms with E-state index in [2.05, 4.69) is 0 Å². The standard InChI is InChI=1S/C11H15F3N2O2S/c1-7-8(5-9(19-7)10(17)16-15)6-18-4-2-3-11(12,13)14/h5H,2-4,6,15H2,1H3,(H,16,17). The quantitative estimate of drug-likeness (QED) is 0.367. The molecule has 0 radical (unpaired) electrons. The van der Waals surface area contributed by atoms with Gasteiger partial charge in [-0.3, -0.25) is 10.2 Å². The van der Waals surface area contributed by atoms with Gasteiger partial charge in [0.1, 0.15) is 0 Å². The van der Waals surface area contributed by atoms with Gasteiger partial charge in [0.15, 0.2) is 0 Å². The molecular weight excluding hydrogens is 281 g/mol. The van der Waals surface area contributed by atoms with E-state index in [-0.39, 0.29) is 19.6 Å². The number of rotatable bonds is 6. The summed E-state index contributed by atoms with van der Waals surface area (Å²) in [5.74, 6) is 4.62. The van der Waals surface area contributed by atoms with Crippen LogP contribution in [0.3, 0.4) is 0 Å². The molecule has 1 amide bonds. The summed E-state index contributed by atoms with van der Waals surface area (Å²) < 4.78 is 40.8. The molecule has 0 bridgehead atoms. The van der Waals surface area contributed by atoms with Crippen molar-refractivity contribution >= 4 is 17.2 Å². The van der Waals surface area contributed by atoms with Gasteiger partial charge in [-0.15, -0.1) is 11.3 Å². The van der Waals surface area contributed by atoms with E-state index >= 15 is 0 Å². The van der Waals surface area contributed by atoms with Gasteiger partial charge in [0.05, 0.1) is 11.5 Å². The van der Waals surface area contributed by atoms with Crippen LogP contribution in [0.2, 0.25) is 0 Å². The Morgan fingerprint density at radius 3 is 2.79 bits per heavy atom. The van der Waals surface area contributed by atoms with Crippen LogP contribution in [0, 0.1) is 6.92 Å². The highest BCUT2D eigenvalue weighted by atomic mass is 32.1. The molecule has 0 unspecified atom stereocenters. The average Bonchev–Trinajstić information content (AvgIpc) is 2.68. The third-order valence-corrected chi connectivity index (χ3v) is 3.47. The van der Waals surface area contributed by atoms with Crippen LogP contribution in [0.1, 0.15) is 33.0 Å². The molecule has 0 saturated carbocycles. The predicted molar refractivity (Wildman–Crippen MR) is 65.7 cm³/mol. The van der Waals surface area contributed by atoms with Crippen LogP contribution in [0.15, 0.2) is 6.07 Å². The van der Waals surface area contributed by atoms with Crippen molar-refractivity contribution in [3.63, 3.8) is 0 Å². The van der Waals surface area contributed by atoms with Crippen molar-refractivity contribution in [3.05, 3.63) is 21.4 Å². The Hall–Kier alpha value is -1.12. The smallest absolute Gasteiger partial charge is 0.377 e. The van der Waals surface area contributed by atoms with E-state index in [9.17, 15) is 18.0 Å². The topological polar surface area (TPSA) is 64.4 Å². The minimum atomic E-state index is -4.14. The fourth-order valence-electron chi connectivity index (χ4n) is 1.40. The maximum Gasteiger partial charge on any atom is 0.389 e. The van der Waals surface area contributed by atoms with Gasteiger partial charge in [-0.2, -0.15) is 13.2 Å². The molecule has 0 aliphatic rings. The zero-order valence-electron chi connectivity index (χ0n) is 10.3. The zero-order valence-corrected chi connectivity index (χ0v) is 11.2. The zero-order chi connectivity index (χ0) is 14.5. The van der Waals surface area contributed by atoms with Gasteiger partial charge in [-0.05, 0) is 25.0 Å². The molecule has 1 aromatic rings. The summed E-state index contributed by atoms with van der Waals surface area (Å²) >= 11 is 1.26. The number of hydrogen-bond donors (Lipinski definition) is 2. The number of carbonyl (C=O) groups excluding carboxylic acids is 1. The lowest BCUT2D eigenvalue weighted by Gasteiger charge is -2.06. The lowest BCUT2D eigenvalue weighted by molar-refractivity contribution is -0.138. The minimum Gasteiger partial charge on any atom is -0.377 e. The molecule has 4 nitrogen and oxygen atoms in total. The first-order valence-corrected chi connectivity index (χ1v) is 6.40. The fourth-order valence-corrected chi connectivity index (χ4v) is 2.33. The second-order valence-electron chi connectivity index (χ2n) is 3.94. The molecule has 8 heteroatoms. The summed E-state index contributed by atoms with van der Waals surface area (Å²) in [7, 11) is 0. The van der Waals surface area contributed by atoms with Crippen molar-refractivity contribution in [1.82, 2.24) is 5.43 Å². The third-order valence-electron chi connectivity index (χ3n) is 2.38. The summed E-state index contributed by atoms with van der Waals surface area (Å²) in [5, 5.41) is 0. The molecule has 0 spiro atoms. The molecule has 0 aromatic carbocycles. The lowest BCUT2D eigenvalue weighted by atomic mass is 10.2. The van der Waals surface area contributed by atoms with Gasteiger partial charge in [-0.25, -0.2) is 5.84 Å². The number of nitrogens with two attached hydrogens (primary N) is 1. The maximum absolute atomic E-state index is 11.9. The number of nitrogens with one attached hydrogen (secondary N) is 1. The molecule has 19 heavy (non-hydrogen) atoms. The van der Waals surface area contributed by atoms with Gasteiger partial charge in [0.25, 0.3) is 5.91 Å². The largest absolute Gasteiger partial charge is 0.389 e. The summed E-state index contributed by atoms with van der Waals surface area (Å²) in [5.41, 5.74) is 2.81. The fraction of sp³-hybridized carbons (Fsp3) is 0.545. The number of ether oxygens (including phenoxy) is 1. The Balaban J connectivity index is 2.37. The molecule has 0 aliphatic heterocycles. The Labute approximate surface area is 112 Å². The first-order valence-electron chi connectivity index (χ1n) is 5.58. The number of hydrogen-bond acceptors (Lipinski definition) is 4. The van der Waals surface area contributed by atoms with Gasteiger partial charge in [0, 0.05) is 17.9 Å². The van der Waals surface area contributed by atoms with Crippen molar-refractivity contribution in [1.29, 1.82) is 0 Å². The molecule has 0 atom stereocenters. The van der Waals surface area contributed by atoms with Crippen LogP contribution < -0.4 is 11.3 Å². The van der Waals surface area contributed by atoms with Crippen molar-refractivity contribution in [2.75, 3.05) is 6.61 Å². The molecule has 108 valence electrons. The maximum atomic E-state index is 11.9. The van der Waals surface area contributed by atoms with Gasteiger partial charge < -0.3 is 4.74 Å². The van der Waals surface area contributed by atoms with Crippen LogP contribution >= 0.6 is 11.3 Å². The summed E-state index contributed by atoms with van der Waals surface area (Å²) in [6.07, 6.45) is -5.06. The molecular formula is C11H15F3N2O2S. The van der Waals surface area contributed by atoms with Crippen molar-refractivity contribution in [2.24, 2.45) is 5.84 Å². The second-order valence-corrected chi connectivity index (χ2v) is 5.19. The third kappa shape index (κ3) is 5.58. The second kappa shape index (κ2) is 6.88. The first kappa shape index (κ1) is 15.9. The number of nitrogen functional groups attached to an aromatic ring is 1. The van der Waals surface area contributed by atoms with Crippen LogP contribution in [0.5, 0.6) is 0 Å². The van der Waals surface area contributed by atoms with E-state index in [1.165, 1.54) is 11.3 Å². The number of hydrazine groups is 1. The number of halogens is 3. The highest BCUT2D eigenvalue weighted by molar-refractivity contribution is 7.14. The number of thiophene rings is 1. The Kier molecular flexibility index (Phi) is 5.77. The molecule has 3 N–H and O–H groups in total. The summed E-state index contributed by atoms with van der Waals surface area (Å²) in [6, 6.07) is 1.63. The van der Waals surface area contributed by atoms with Crippen LogP contribution in [0.25, 0.3) is 0 Å². The van der Waals surface area contributed by atoms with E-state index in [0.717, 1.165) is 10.4 Å². The summed E-state index contributed by atoms with van der Waals surface area (Å²) in [6.45, 7) is 2.04. The number of aryl methyl sites for hydroxylation is 1. The molecule has 1 aromatic heterocycles. The molecule has 1 heterocycles. The van der Waals surface area contributed by atoms with Gasteiger partial charge >= 0.3 is 6.18 Å². The molecule has 1 rings (SSSR count). The normalized spacial score (nSPS) is 11.6. The Bertz CT molecular complexity index is 432. The van der Waals surface area contributed by atoms with Crippen LogP contribution in [-0.4, -0.2) is 18.7 Å². The summed E-state index contributed by atoms with van der Waals surface area (Å²) in [4.78, 5) is 12.6. The Morgan fingerprint density at radius 2 is 2.21 bits per heavy atom. The van der Waals surface area contributed by atoms with E-state index < -0.39 is 18.5 Å². The molecule has 0 saturated heterocycles. The highest BCUT2D eigenvalue weighted by Gasteiger charge is 2.25. The number of amides is 1. The van der Waals surface area contributed by atoms with Crippen LogP contribution in [0.4, 0.5) is 13.2 Å². The van der Waals surface area contributed by atoms with Gasteiger partial charge in [-0.1, -0.05) is 0 Å². The van der Waals surface area contributed by atoms with E-state index in [4.69, 9.17) is 10.6 Å².